The van der Waals surface area contributed by atoms with E-state index in [1.54, 1.807) is 0 Å². The molecule has 13 nitrogen and oxygen atoms in total. The topological polar surface area (TPSA) is 210 Å². The third-order valence-corrected chi connectivity index (χ3v) is 14.1. The van der Waals surface area contributed by atoms with Gasteiger partial charge in [0.2, 0.25) is 0 Å². The highest BCUT2D eigenvalue weighted by Crippen LogP contribution is 2.47. The van der Waals surface area contributed by atoms with E-state index in [1.807, 2.05) is 0 Å². The Kier molecular flexibility index (Phi) is 41.2. The van der Waals surface area contributed by atoms with Crippen LogP contribution in [0, 0.1) is 0 Å². The smallest absolute Gasteiger partial charge is 0.462 e. The molecule has 0 radical (unpaired) electrons. The van der Waals surface area contributed by atoms with Crippen LogP contribution in [0.4, 0.5) is 0 Å². The highest BCUT2D eigenvalue weighted by atomic mass is 31.2. The zero-order chi connectivity index (χ0) is 49.2. The number of phosphoric ester groups is 1. The van der Waals surface area contributed by atoms with Gasteiger partial charge in [-0.25, -0.2) is 4.57 Å². The quantitative estimate of drug-likeness (QED) is 0.0145. The van der Waals surface area contributed by atoms with Crippen LogP contribution in [-0.2, 0) is 32.7 Å². The molecule has 6 N–H and O–H groups in total. The van der Waals surface area contributed by atoms with Crippen molar-refractivity contribution in [3.05, 3.63) is 12.2 Å². The Labute approximate surface area is 407 Å². The van der Waals surface area contributed by atoms with Crippen molar-refractivity contribution in [1.82, 2.24) is 0 Å². The molecule has 0 spiro atoms. The number of aliphatic hydroxyl groups is 5. The largest absolute Gasteiger partial charge is 0.472 e. The molecule has 0 aromatic heterocycles. The van der Waals surface area contributed by atoms with Gasteiger partial charge in [-0.3, -0.25) is 18.6 Å². The molecule has 0 aliphatic heterocycles. The number of hydrogen-bond donors (Lipinski definition) is 6. The molecular weight excluding hydrogens is 876 g/mol. The van der Waals surface area contributed by atoms with Gasteiger partial charge in [0.1, 0.15) is 43.2 Å². The van der Waals surface area contributed by atoms with Crippen molar-refractivity contribution < 1.29 is 63.1 Å². The van der Waals surface area contributed by atoms with Gasteiger partial charge in [-0.05, 0) is 38.5 Å². The van der Waals surface area contributed by atoms with Crippen LogP contribution in [0.25, 0.3) is 0 Å². The van der Waals surface area contributed by atoms with Gasteiger partial charge in [0.15, 0.2) is 6.10 Å². The number of phosphoric acid groups is 1. The molecule has 0 heterocycles. The minimum Gasteiger partial charge on any atom is -0.462 e. The Hall–Kier alpha value is -1.41. The number of aliphatic hydroxyl groups excluding tert-OH is 5. The van der Waals surface area contributed by atoms with Crippen molar-refractivity contribution in [2.75, 3.05) is 13.2 Å². The number of allylic oxidation sites excluding steroid dienone is 2. The number of carbonyl (C=O) groups is 2. The molecule has 14 heteroatoms. The average molecular weight is 977 g/mol. The lowest BCUT2D eigenvalue weighted by Gasteiger charge is -2.41. The van der Waals surface area contributed by atoms with Gasteiger partial charge in [-0.1, -0.05) is 219 Å². The summed E-state index contributed by atoms with van der Waals surface area (Å²) in [5.41, 5.74) is 0. The zero-order valence-corrected chi connectivity index (χ0v) is 43.4. The fourth-order valence-electron chi connectivity index (χ4n) is 8.70. The van der Waals surface area contributed by atoms with E-state index in [1.165, 1.54) is 180 Å². The maximum absolute atomic E-state index is 12.9. The van der Waals surface area contributed by atoms with Crippen molar-refractivity contribution in [3.63, 3.8) is 0 Å². The molecule has 6 unspecified atom stereocenters. The van der Waals surface area contributed by atoms with Crippen LogP contribution >= 0.6 is 7.82 Å². The average Bonchev–Trinajstić information content (AvgIpc) is 3.31. The molecule has 67 heavy (non-hydrogen) atoms. The van der Waals surface area contributed by atoms with Gasteiger partial charge < -0.3 is 39.9 Å². The maximum Gasteiger partial charge on any atom is 0.472 e. The number of unbranched alkanes of at least 4 members (excludes halogenated alkanes) is 33. The minimum absolute atomic E-state index is 0.0713. The Balaban J connectivity index is 2.33. The van der Waals surface area contributed by atoms with Gasteiger partial charge in [0, 0.05) is 12.8 Å². The monoisotopic (exact) mass is 977 g/mol. The third-order valence-electron chi connectivity index (χ3n) is 13.1. The number of ether oxygens (including phenoxy) is 2. The van der Waals surface area contributed by atoms with Gasteiger partial charge in [0.05, 0.1) is 6.61 Å². The summed E-state index contributed by atoms with van der Waals surface area (Å²) in [4.78, 5) is 35.8. The fraction of sp³-hybridized carbons (Fsp3) is 0.925. The van der Waals surface area contributed by atoms with Crippen LogP contribution in [0.5, 0.6) is 0 Å². The highest BCUT2D eigenvalue weighted by Gasteiger charge is 2.51. The van der Waals surface area contributed by atoms with Crippen molar-refractivity contribution in [2.24, 2.45) is 0 Å². The van der Waals surface area contributed by atoms with Crippen molar-refractivity contribution in [1.29, 1.82) is 0 Å². The molecule has 1 aliphatic carbocycles. The summed E-state index contributed by atoms with van der Waals surface area (Å²) in [7, 11) is -5.12. The summed E-state index contributed by atoms with van der Waals surface area (Å²) < 4.78 is 33.7. The third kappa shape index (κ3) is 35.4. The summed E-state index contributed by atoms with van der Waals surface area (Å²) in [6.07, 6.45) is 35.6. The van der Waals surface area contributed by atoms with Gasteiger partial charge in [-0.15, -0.1) is 0 Å². The Morgan fingerprint density at radius 1 is 0.448 bits per heavy atom. The molecule has 396 valence electrons. The van der Waals surface area contributed by atoms with Crippen LogP contribution < -0.4 is 0 Å². The van der Waals surface area contributed by atoms with E-state index in [2.05, 4.69) is 26.0 Å². The molecule has 0 aromatic carbocycles. The summed E-state index contributed by atoms with van der Waals surface area (Å²) in [5.74, 6) is -1.11. The van der Waals surface area contributed by atoms with Crippen LogP contribution in [0.15, 0.2) is 12.2 Å². The van der Waals surface area contributed by atoms with Crippen LogP contribution in [-0.4, -0.2) is 98.3 Å². The number of carbonyl (C=O) groups excluding carboxylic acids is 2. The van der Waals surface area contributed by atoms with E-state index in [9.17, 15) is 44.6 Å². The number of hydrogen-bond acceptors (Lipinski definition) is 12. The van der Waals surface area contributed by atoms with E-state index in [-0.39, 0.29) is 12.8 Å². The summed E-state index contributed by atoms with van der Waals surface area (Å²) in [5, 5.41) is 50.3. The highest BCUT2D eigenvalue weighted by molar-refractivity contribution is 7.47. The lowest BCUT2D eigenvalue weighted by atomic mass is 9.85. The molecule has 1 fully saturated rings. The first-order chi connectivity index (χ1) is 32.4. The minimum atomic E-state index is -5.12. The molecule has 0 saturated heterocycles. The number of rotatable bonds is 47. The SMILES string of the molecule is CCCCCCCCCCC/C=C/CCCCC(=O)O[C@@H](COC(=O)CCCCCCCCCCCCCCCCCCCCCCCCC)COP(=O)(O)OC1C(O)C(O)C(O)[C@H](O)C1O. The predicted octanol–water partition coefficient (Wildman–Crippen LogP) is 12.2. The Morgan fingerprint density at radius 3 is 1.16 bits per heavy atom. The van der Waals surface area contributed by atoms with Crippen molar-refractivity contribution in [3.8, 4) is 0 Å². The zero-order valence-electron chi connectivity index (χ0n) is 42.5. The molecular formula is C53H101O13P. The number of esters is 2. The molecule has 0 aromatic rings. The van der Waals surface area contributed by atoms with E-state index >= 15 is 0 Å². The lowest BCUT2D eigenvalue weighted by Crippen LogP contribution is -2.64. The van der Waals surface area contributed by atoms with Crippen molar-refractivity contribution in [2.45, 2.75) is 301 Å². The molecule has 0 bridgehead atoms. The Bertz CT molecular complexity index is 1220. The Morgan fingerprint density at radius 2 is 0.761 bits per heavy atom. The van der Waals surface area contributed by atoms with Crippen LogP contribution in [0.1, 0.15) is 258 Å². The second-order valence-corrected chi connectivity index (χ2v) is 20.9. The van der Waals surface area contributed by atoms with Gasteiger partial charge in [-0.2, -0.15) is 0 Å². The predicted molar refractivity (Wildman–Crippen MR) is 267 cm³/mol. The maximum atomic E-state index is 12.9. The van der Waals surface area contributed by atoms with Gasteiger partial charge >= 0.3 is 19.8 Å². The van der Waals surface area contributed by atoms with E-state index in [0.717, 1.165) is 38.5 Å². The van der Waals surface area contributed by atoms with E-state index in [4.69, 9.17) is 18.5 Å². The molecule has 0 amide bonds. The molecule has 1 saturated carbocycles. The van der Waals surface area contributed by atoms with E-state index < -0.39 is 75.7 Å². The van der Waals surface area contributed by atoms with Gasteiger partial charge in [0.25, 0.3) is 0 Å². The van der Waals surface area contributed by atoms with Crippen molar-refractivity contribution >= 4 is 19.8 Å². The summed E-state index contributed by atoms with van der Waals surface area (Å²) in [6.45, 7) is 3.33. The molecule has 1 rings (SSSR count). The first-order valence-electron chi connectivity index (χ1n) is 27.5. The fourth-order valence-corrected chi connectivity index (χ4v) is 9.67. The summed E-state index contributed by atoms with van der Waals surface area (Å²) in [6, 6.07) is 0. The second kappa shape index (κ2) is 43.4. The standard InChI is InChI=1S/C53H101O13P/c1-3-5-7-9-11-13-15-17-19-20-21-22-23-24-25-26-28-29-31-33-35-37-39-41-46(54)63-43-45(44-64-67(61,62)66-53-51(59)49(57)48(56)50(58)52(53)60)65-47(55)42-40-38-36-34-32-30-27-18-16-14-12-10-8-6-4-2/h32,34,45,48-53,56-60H,3-31,33,35-44H2,1-2H3,(H,61,62)/b34-32+/t45-,48?,49-,50?,51?,52?,53?/m0/s1. The normalized spacial score (nSPS) is 21.1. The van der Waals surface area contributed by atoms with Crippen LogP contribution in [0.2, 0.25) is 0 Å². The van der Waals surface area contributed by atoms with Crippen LogP contribution in [0.3, 0.4) is 0 Å². The van der Waals surface area contributed by atoms with E-state index in [0.29, 0.717) is 12.8 Å². The first kappa shape index (κ1) is 63.6. The second-order valence-electron chi connectivity index (χ2n) is 19.4. The molecule has 1 aliphatic rings. The molecule has 8 atom stereocenters. The summed E-state index contributed by atoms with van der Waals surface area (Å²) >= 11 is 0. The first-order valence-corrected chi connectivity index (χ1v) is 29.0. The lowest BCUT2D eigenvalue weighted by molar-refractivity contribution is -0.220.